The Morgan fingerprint density at radius 2 is 1.79 bits per heavy atom. The molecule has 2 nitrogen and oxygen atoms in total. The summed E-state index contributed by atoms with van der Waals surface area (Å²) in [5.74, 6) is 6.44. The van der Waals surface area contributed by atoms with Gasteiger partial charge in [0.25, 0.3) is 0 Å². The monoisotopic (exact) mass is 254 g/mol. The number of hydrogen-bond donors (Lipinski definition) is 0. The minimum absolute atomic E-state index is 0.262. The smallest absolute Gasteiger partial charge is 0.159 e. The highest BCUT2D eigenvalue weighted by Gasteiger charge is 2.00. The number of hydrogen-bond acceptors (Lipinski definition) is 2. The molecule has 0 saturated carbocycles. The van der Waals surface area contributed by atoms with Crippen LogP contribution in [-0.2, 0) is 0 Å². The summed E-state index contributed by atoms with van der Waals surface area (Å²) in [6.07, 6.45) is 6.56. The Balaban J connectivity index is 2.09. The lowest BCUT2D eigenvalue weighted by molar-refractivity contribution is 0.628. The molecule has 0 N–H and O–H groups in total. The van der Waals surface area contributed by atoms with E-state index in [9.17, 15) is 4.39 Å². The number of rotatable bonds is 3. The minimum atomic E-state index is -0.262. The van der Waals surface area contributed by atoms with Gasteiger partial charge >= 0.3 is 0 Å². The van der Waals surface area contributed by atoms with Gasteiger partial charge in [-0.25, -0.2) is 14.4 Å². The number of halogens is 1. The van der Waals surface area contributed by atoms with E-state index in [4.69, 9.17) is 0 Å². The molecule has 2 rings (SSSR count). The predicted molar refractivity (Wildman–Crippen MR) is 73.8 cm³/mol. The van der Waals surface area contributed by atoms with Crippen molar-refractivity contribution in [3.05, 3.63) is 48.0 Å². The SMILES string of the molecule is CCCCC#Cc1cnc(-c2ccc(F)cc2)nc1. The molecule has 0 fully saturated rings. The third-order valence-corrected chi connectivity index (χ3v) is 2.64. The average molecular weight is 254 g/mol. The van der Waals surface area contributed by atoms with Crippen molar-refractivity contribution in [1.29, 1.82) is 0 Å². The van der Waals surface area contributed by atoms with E-state index in [1.807, 2.05) is 0 Å². The van der Waals surface area contributed by atoms with Gasteiger partial charge in [0.05, 0.1) is 5.56 Å². The van der Waals surface area contributed by atoms with E-state index in [2.05, 4.69) is 28.7 Å². The predicted octanol–water partition coefficient (Wildman–Crippen LogP) is 3.82. The fourth-order valence-corrected chi connectivity index (χ4v) is 1.57. The lowest BCUT2D eigenvalue weighted by Crippen LogP contribution is -1.89. The summed E-state index contributed by atoms with van der Waals surface area (Å²) in [6.45, 7) is 2.14. The van der Waals surface area contributed by atoms with Crippen molar-refractivity contribution < 1.29 is 4.39 Å². The zero-order valence-electron chi connectivity index (χ0n) is 10.9. The van der Waals surface area contributed by atoms with Crippen LogP contribution in [-0.4, -0.2) is 9.97 Å². The van der Waals surface area contributed by atoms with Crippen molar-refractivity contribution in [2.45, 2.75) is 26.2 Å². The van der Waals surface area contributed by atoms with E-state index in [0.29, 0.717) is 5.82 Å². The molecule has 0 amide bonds. The highest BCUT2D eigenvalue weighted by molar-refractivity contribution is 5.54. The molecule has 1 aromatic heterocycles. The largest absolute Gasteiger partial charge is 0.235 e. The molecule has 1 aromatic carbocycles. The Hall–Kier alpha value is -2.21. The van der Waals surface area contributed by atoms with Crippen LogP contribution in [0, 0.1) is 17.7 Å². The summed E-state index contributed by atoms with van der Waals surface area (Å²) in [5, 5.41) is 0. The summed E-state index contributed by atoms with van der Waals surface area (Å²) in [6, 6.07) is 6.13. The van der Waals surface area contributed by atoms with E-state index < -0.39 is 0 Å². The zero-order chi connectivity index (χ0) is 13.5. The Morgan fingerprint density at radius 3 is 2.42 bits per heavy atom. The van der Waals surface area contributed by atoms with Crippen LogP contribution in [0.2, 0.25) is 0 Å². The van der Waals surface area contributed by atoms with Gasteiger partial charge in [0.15, 0.2) is 5.82 Å². The third-order valence-electron chi connectivity index (χ3n) is 2.64. The molecule has 19 heavy (non-hydrogen) atoms. The van der Waals surface area contributed by atoms with Crippen molar-refractivity contribution in [3.63, 3.8) is 0 Å². The maximum absolute atomic E-state index is 12.8. The topological polar surface area (TPSA) is 25.8 Å². The second-order valence-corrected chi connectivity index (χ2v) is 4.21. The summed E-state index contributed by atoms with van der Waals surface area (Å²) in [7, 11) is 0. The van der Waals surface area contributed by atoms with Gasteiger partial charge in [-0.15, -0.1) is 0 Å². The fourth-order valence-electron chi connectivity index (χ4n) is 1.57. The summed E-state index contributed by atoms with van der Waals surface area (Å²) in [5.41, 5.74) is 1.61. The summed E-state index contributed by atoms with van der Waals surface area (Å²) >= 11 is 0. The number of aromatic nitrogens is 2. The molecule has 0 unspecified atom stereocenters. The molecule has 3 heteroatoms. The molecular weight excluding hydrogens is 239 g/mol. The van der Waals surface area contributed by atoms with Crippen LogP contribution < -0.4 is 0 Å². The molecular formula is C16H15FN2. The van der Waals surface area contributed by atoms with Crippen LogP contribution in [0.1, 0.15) is 31.7 Å². The molecule has 0 atom stereocenters. The van der Waals surface area contributed by atoms with Gasteiger partial charge in [0, 0.05) is 24.4 Å². The van der Waals surface area contributed by atoms with Crippen LogP contribution in [0.4, 0.5) is 4.39 Å². The molecule has 0 saturated heterocycles. The van der Waals surface area contributed by atoms with Crippen LogP contribution in [0.25, 0.3) is 11.4 Å². The maximum Gasteiger partial charge on any atom is 0.159 e. The van der Waals surface area contributed by atoms with Gasteiger partial charge in [-0.1, -0.05) is 25.2 Å². The number of nitrogens with zero attached hydrogens (tertiary/aromatic N) is 2. The molecule has 2 aromatic rings. The van der Waals surface area contributed by atoms with E-state index in [1.54, 1.807) is 24.5 Å². The van der Waals surface area contributed by atoms with E-state index in [1.165, 1.54) is 12.1 Å². The molecule has 0 spiro atoms. The molecule has 0 aliphatic rings. The van der Waals surface area contributed by atoms with E-state index in [-0.39, 0.29) is 5.82 Å². The van der Waals surface area contributed by atoms with Gasteiger partial charge in [0.1, 0.15) is 5.82 Å². The lowest BCUT2D eigenvalue weighted by atomic mass is 10.2. The molecule has 0 aliphatic heterocycles. The Bertz CT molecular complexity index is 577. The number of benzene rings is 1. The average Bonchev–Trinajstić information content (AvgIpc) is 2.45. The van der Waals surface area contributed by atoms with E-state index in [0.717, 1.165) is 30.4 Å². The van der Waals surface area contributed by atoms with Crippen LogP contribution >= 0.6 is 0 Å². The Morgan fingerprint density at radius 1 is 1.11 bits per heavy atom. The summed E-state index contributed by atoms with van der Waals surface area (Å²) < 4.78 is 12.8. The number of unbranched alkanes of at least 4 members (excludes halogenated alkanes) is 2. The quantitative estimate of drug-likeness (QED) is 0.614. The third kappa shape index (κ3) is 3.89. The second kappa shape index (κ2) is 6.65. The highest BCUT2D eigenvalue weighted by Crippen LogP contribution is 2.14. The van der Waals surface area contributed by atoms with E-state index >= 15 is 0 Å². The van der Waals surface area contributed by atoms with Crippen LogP contribution in [0.3, 0.4) is 0 Å². The highest BCUT2D eigenvalue weighted by atomic mass is 19.1. The minimum Gasteiger partial charge on any atom is -0.235 e. The molecule has 96 valence electrons. The normalized spacial score (nSPS) is 9.79. The van der Waals surface area contributed by atoms with Crippen molar-refractivity contribution in [3.8, 4) is 23.2 Å². The first-order valence-electron chi connectivity index (χ1n) is 6.36. The van der Waals surface area contributed by atoms with Crippen molar-refractivity contribution >= 4 is 0 Å². The fraction of sp³-hybridized carbons (Fsp3) is 0.250. The maximum atomic E-state index is 12.8. The van der Waals surface area contributed by atoms with Crippen LogP contribution in [0.15, 0.2) is 36.7 Å². The standard InChI is InChI=1S/C16H15FN2/c1-2-3-4-5-6-13-11-18-16(19-12-13)14-7-9-15(17)10-8-14/h7-12H,2-4H2,1H3. The first kappa shape index (κ1) is 13.2. The molecule has 0 bridgehead atoms. The first-order chi connectivity index (χ1) is 9.29. The lowest BCUT2D eigenvalue weighted by Gasteiger charge is -1.99. The zero-order valence-corrected chi connectivity index (χ0v) is 10.9. The van der Waals surface area contributed by atoms with Crippen LogP contribution in [0.5, 0.6) is 0 Å². The molecule has 0 aliphatic carbocycles. The van der Waals surface area contributed by atoms with Crippen molar-refractivity contribution in [1.82, 2.24) is 9.97 Å². The molecule has 1 heterocycles. The van der Waals surface area contributed by atoms with Gasteiger partial charge in [-0.2, -0.15) is 0 Å². The van der Waals surface area contributed by atoms with Crippen molar-refractivity contribution in [2.75, 3.05) is 0 Å². The van der Waals surface area contributed by atoms with Gasteiger partial charge in [0.2, 0.25) is 0 Å². The second-order valence-electron chi connectivity index (χ2n) is 4.21. The van der Waals surface area contributed by atoms with Gasteiger partial charge in [-0.05, 0) is 30.7 Å². The Labute approximate surface area is 112 Å². The molecule has 0 radical (unpaired) electrons. The van der Waals surface area contributed by atoms with Gasteiger partial charge < -0.3 is 0 Å². The Kier molecular flexibility index (Phi) is 4.63. The van der Waals surface area contributed by atoms with Gasteiger partial charge in [-0.3, -0.25) is 0 Å². The first-order valence-corrected chi connectivity index (χ1v) is 6.36. The van der Waals surface area contributed by atoms with Crippen molar-refractivity contribution in [2.24, 2.45) is 0 Å². The summed E-state index contributed by atoms with van der Waals surface area (Å²) in [4.78, 5) is 8.48.